The summed E-state index contributed by atoms with van der Waals surface area (Å²) in [7, 11) is 0. The van der Waals surface area contributed by atoms with Gasteiger partial charge in [-0.15, -0.1) is 0 Å². The lowest BCUT2D eigenvalue weighted by Crippen LogP contribution is -2.25. The van der Waals surface area contributed by atoms with Crippen LogP contribution < -0.4 is 0 Å². The van der Waals surface area contributed by atoms with Gasteiger partial charge in [0.1, 0.15) is 19.3 Å². The van der Waals surface area contributed by atoms with E-state index < -0.39 is 18.2 Å². The number of ether oxygens (including phenoxy) is 2. The highest BCUT2D eigenvalue weighted by Crippen LogP contribution is 2.14. The van der Waals surface area contributed by atoms with E-state index in [0.717, 1.165) is 50.9 Å². The number of aliphatic hydroxyl groups is 2. The number of aliphatic hydroxyl groups excluding tert-OH is 2. The van der Waals surface area contributed by atoms with E-state index in [1.165, 1.54) is 51.4 Å². The minimum absolute atomic E-state index is 0.171. The lowest BCUT2D eigenvalue weighted by atomic mass is 10.0. The lowest BCUT2D eigenvalue weighted by molar-refractivity contribution is -0.152. The van der Waals surface area contributed by atoms with Crippen LogP contribution in [-0.2, 0) is 19.1 Å². The van der Waals surface area contributed by atoms with Crippen LogP contribution in [0, 0.1) is 5.92 Å². The van der Waals surface area contributed by atoms with Crippen molar-refractivity contribution in [3.05, 3.63) is 72.9 Å². The van der Waals surface area contributed by atoms with Crippen LogP contribution in [0.1, 0.15) is 143 Å². The molecule has 2 atom stereocenters. The van der Waals surface area contributed by atoms with Crippen LogP contribution >= 0.6 is 0 Å². The van der Waals surface area contributed by atoms with Gasteiger partial charge in [0, 0.05) is 12.8 Å². The maximum atomic E-state index is 11.9. The summed E-state index contributed by atoms with van der Waals surface area (Å²) in [5, 5.41) is 20.0. The number of hydrogen-bond acceptors (Lipinski definition) is 6. The summed E-state index contributed by atoms with van der Waals surface area (Å²) < 4.78 is 10.2. The number of rotatable bonds is 31. The van der Waals surface area contributed by atoms with Crippen LogP contribution in [0.15, 0.2) is 72.9 Å². The molecule has 0 aromatic rings. The van der Waals surface area contributed by atoms with Gasteiger partial charge in [-0.25, -0.2) is 0 Å². The molecule has 0 bridgehead atoms. The smallest absolute Gasteiger partial charge is 0.306 e. The summed E-state index contributed by atoms with van der Waals surface area (Å²) >= 11 is 0. The molecule has 1 unspecified atom stereocenters. The molecule has 268 valence electrons. The van der Waals surface area contributed by atoms with Crippen molar-refractivity contribution in [2.45, 2.75) is 155 Å². The fourth-order valence-corrected chi connectivity index (χ4v) is 4.67. The van der Waals surface area contributed by atoms with Crippen molar-refractivity contribution < 1.29 is 29.3 Å². The van der Waals surface area contributed by atoms with Gasteiger partial charge in [-0.05, 0) is 50.9 Å². The summed E-state index contributed by atoms with van der Waals surface area (Å²) in [5.74, 6) is 0.0689. The largest absolute Gasteiger partial charge is 0.463 e. The average Bonchev–Trinajstić information content (AvgIpc) is 3.05. The van der Waals surface area contributed by atoms with Gasteiger partial charge in [0.15, 0.2) is 0 Å². The Bertz CT molecular complexity index is 911. The Hall–Kier alpha value is -2.70. The molecule has 0 saturated heterocycles. The second-order valence-electron chi connectivity index (χ2n) is 12.6. The van der Waals surface area contributed by atoms with Gasteiger partial charge < -0.3 is 19.7 Å². The van der Waals surface area contributed by atoms with Gasteiger partial charge in [-0.1, -0.05) is 158 Å². The molecule has 47 heavy (non-hydrogen) atoms. The van der Waals surface area contributed by atoms with Gasteiger partial charge in [0.05, 0.1) is 6.10 Å². The van der Waals surface area contributed by atoms with E-state index in [-0.39, 0.29) is 25.6 Å². The van der Waals surface area contributed by atoms with Crippen molar-refractivity contribution in [1.82, 2.24) is 0 Å². The molecule has 0 amide bonds. The van der Waals surface area contributed by atoms with Crippen molar-refractivity contribution in [2.24, 2.45) is 5.92 Å². The van der Waals surface area contributed by atoms with Crippen LogP contribution in [0.3, 0.4) is 0 Å². The Kier molecular flexibility index (Phi) is 32.6. The first kappa shape index (κ1) is 44.3. The summed E-state index contributed by atoms with van der Waals surface area (Å²) in [6.07, 6.45) is 41.3. The Morgan fingerprint density at radius 1 is 0.596 bits per heavy atom. The summed E-state index contributed by atoms with van der Waals surface area (Å²) in [4.78, 5) is 23.9. The van der Waals surface area contributed by atoms with E-state index in [2.05, 4.69) is 57.2 Å². The van der Waals surface area contributed by atoms with E-state index >= 15 is 0 Å². The van der Waals surface area contributed by atoms with E-state index in [1.54, 1.807) is 6.08 Å². The van der Waals surface area contributed by atoms with E-state index in [9.17, 15) is 19.8 Å². The first-order valence-electron chi connectivity index (χ1n) is 18.5. The third-order valence-corrected chi connectivity index (χ3v) is 7.48. The Balaban J connectivity index is 3.71. The second kappa shape index (κ2) is 34.6. The quantitative estimate of drug-likeness (QED) is 0.0334. The molecular weight excluding hydrogens is 588 g/mol. The minimum atomic E-state index is -1.03. The summed E-state index contributed by atoms with van der Waals surface area (Å²) in [6.45, 7) is 6.34. The van der Waals surface area contributed by atoms with E-state index in [4.69, 9.17) is 9.47 Å². The molecule has 2 N–H and O–H groups in total. The average molecular weight is 657 g/mol. The molecule has 0 aromatic carbocycles. The Morgan fingerprint density at radius 3 is 1.68 bits per heavy atom. The zero-order chi connectivity index (χ0) is 34.6. The molecule has 0 aliphatic rings. The molecule has 6 heteroatoms. The molecule has 0 aliphatic heterocycles. The predicted molar refractivity (Wildman–Crippen MR) is 197 cm³/mol. The van der Waals surface area contributed by atoms with Gasteiger partial charge in [0.2, 0.25) is 0 Å². The highest BCUT2D eigenvalue weighted by Gasteiger charge is 2.11. The Morgan fingerprint density at radius 2 is 1.11 bits per heavy atom. The topological polar surface area (TPSA) is 93.1 Å². The van der Waals surface area contributed by atoms with Crippen LogP contribution in [0.4, 0.5) is 0 Å². The maximum Gasteiger partial charge on any atom is 0.306 e. The SMILES string of the molecule is CC/C=C\C/C=C\C/C=C\C/C=C\C=C/C(O)C/C=C\CCC(=O)OC[C@H](O)COC(=O)CCCCCCCCCCCCC(C)C. The van der Waals surface area contributed by atoms with Crippen molar-refractivity contribution in [1.29, 1.82) is 0 Å². The molecule has 0 aliphatic carbocycles. The van der Waals surface area contributed by atoms with Crippen LogP contribution in [0.2, 0.25) is 0 Å². The molecule has 0 fully saturated rings. The first-order valence-corrected chi connectivity index (χ1v) is 18.5. The summed E-state index contributed by atoms with van der Waals surface area (Å²) in [6, 6.07) is 0. The van der Waals surface area contributed by atoms with Gasteiger partial charge >= 0.3 is 11.9 Å². The predicted octanol–water partition coefficient (Wildman–Crippen LogP) is 10.2. The van der Waals surface area contributed by atoms with Gasteiger partial charge in [-0.2, -0.15) is 0 Å². The minimum Gasteiger partial charge on any atom is -0.463 e. The molecule has 0 aromatic heterocycles. The second-order valence-corrected chi connectivity index (χ2v) is 12.6. The molecule has 0 rings (SSSR count). The molecule has 6 nitrogen and oxygen atoms in total. The summed E-state index contributed by atoms with van der Waals surface area (Å²) in [5.41, 5.74) is 0. The van der Waals surface area contributed by atoms with Crippen LogP contribution in [0.5, 0.6) is 0 Å². The molecule has 0 radical (unpaired) electrons. The van der Waals surface area contributed by atoms with Gasteiger partial charge in [-0.3, -0.25) is 9.59 Å². The monoisotopic (exact) mass is 657 g/mol. The highest BCUT2D eigenvalue weighted by molar-refractivity contribution is 5.70. The van der Waals surface area contributed by atoms with Crippen molar-refractivity contribution in [2.75, 3.05) is 13.2 Å². The fraction of sp³-hybridized carbons (Fsp3) is 0.659. The highest BCUT2D eigenvalue weighted by atomic mass is 16.6. The van der Waals surface area contributed by atoms with Crippen molar-refractivity contribution in [3.8, 4) is 0 Å². The number of allylic oxidation sites excluding steroid dienone is 10. The third kappa shape index (κ3) is 36.0. The number of unbranched alkanes of at least 4 members (excludes halogenated alkanes) is 9. The van der Waals surface area contributed by atoms with Gasteiger partial charge in [0.25, 0.3) is 0 Å². The van der Waals surface area contributed by atoms with Crippen molar-refractivity contribution in [3.63, 3.8) is 0 Å². The number of hydrogen-bond donors (Lipinski definition) is 2. The number of carbonyl (C=O) groups excluding carboxylic acids is 2. The first-order chi connectivity index (χ1) is 22.8. The van der Waals surface area contributed by atoms with E-state index in [1.807, 2.05) is 30.4 Å². The zero-order valence-corrected chi connectivity index (χ0v) is 30.0. The van der Waals surface area contributed by atoms with Crippen LogP contribution in [-0.4, -0.2) is 47.6 Å². The normalized spacial score (nSPS) is 13.8. The molecule has 0 saturated carbocycles. The Labute approximate surface area is 287 Å². The molecule has 0 heterocycles. The standard InChI is InChI=1S/C41H68O6/c1-4-5-6-7-8-9-10-11-12-16-19-22-26-31-38(42)32-27-24-29-34-41(45)47-36-39(43)35-46-40(44)33-28-23-20-17-14-13-15-18-21-25-30-37(2)3/h5-6,8-9,11-12,19,22,24,26-27,31,37-39,42-43H,4,7,10,13-18,20-21,23,25,28-30,32-36H2,1-3H3/b6-5-,9-8-,12-11-,22-19-,27-24-,31-26-/t38?,39-/m1/s1. The van der Waals surface area contributed by atoms with E-state index in [0.29, 0.717) is 19.3 Å². The van der Waals surface area contributed by atoms with Crippen LogP contribution in [0.25, 0.3) is 0 Å². The van der Waals surface area contributed by atoms with Crippen molar-refractivity contribution >= 4 is 11.9 Å². The fourth-order valence-electron chi connectivity index (χ4n) is 4.67. The molecule has 0 spiro atoms. The maximum absolute atomic E-state index is 11.9. The number of carbonyl (C=O) groups is 2. The number of esters is 2. The zero-order valence-electron chi connectivity index (χ0n) is 30.0. The third-order valence-electron chi connectivity index (χ3n) is 7.48. The molecular formula is C41H68O6. The lowest BCUT2D eigenvalue weighted by Gasteiger charge is -2.12.